The van der Waals surface area contributed by atoms with Crippen LogP contribution in [0.4, 0.5) is 8.78 Å². The van der Waals surface area contributed by atoms with E-state index in [0.29, 0.717) is 34.8 Å². The van der Waals surface area contributed by atoms with Crippen molar-refractivity contribution in [3.05, 3.63) is 48.0 Å². The van der Waals surface area contributed by atoms with E-state index in [1.54, 1.807) is 24.3 Å². The molecule has 0 aliphatic carbocycles. The molecule has 0 radical (unpaired) electrons. The summed E-state index contributed by atoms with van der Waals surface area (Å²) in [5, 5.41) is 2.28. The molecular formula is C32H44F2O2. The van der Waals surface area contributed by atoms with Crippen LogP contribution in [-0.2, 0) is 0 Å². The van der Waals surface area contributed by atoms with Gasteiger partial charge in [-0.25, -0.2) is 8.78 Å². The van der Waals surface area contributed by atoms with Gasteiger partial charge in [0.15, 0.2) is 23.1 Å². The van der Waals surface area contributed by atoms with E-state index in [9.17, 15) is 0 Å². The molecule has 198 valence electrons. The number of benzene rings is 3. The van der Waals surface area contributed by atoms with Gasteiger partial charge in [-0.15, -0.1) is 0 Å². The summed E-state index contributed by atoms with van der Waals surface area (Å²) in [6, 6.07) is 10.3. The van der Waals surface area contributed by atoms with Gasteiger partial charge in [-0.1, -0.05) is 103 Å². The highest BCUT2D eigenvalue weighted by atomic mass is 19.1. The average molecular weight is 499 g/mol. The van der Waals surface area contributed by atoms with Gasteiger partial charge in [0.1, 0.15) is 0 Å². The third-order valence-electron chi connectivity index (χ3n) is 7.01. The minimum atomic E-state index is -0.379. The lowest BCUT2D eigenvalue weighted by Gasteiger charge is -2.13. The van der Waals surface area contributed by atoms with Crippen molar-refractivity contribution in [3.63, 3.8) is 0 Å². The molecule has 0 aliphatic rings. The maximum atomic E-state index is 15.2. The number of hydrogen-bond donors (Lipinski definition) is 0. The van der Waals surface area contributed by atoms with Gasteiger partial charge in [0.05, 0.1) is 13.2 Å². The number of ether oxygens (including phenoxy) is 2. The van der Waals surface area contributed by atoms with E-state index in [1.165, 1.54) is 64.2 Å². The number of hydrogen-bond acceptors (Lipinski definition) is 2. The lowest BCUT2D eigenvalue weighted by Crippen LogP contribution is -2.01. The molecule has 3 aromatic carbocycles. The minimum Gasteiger partial charge on any atom is -0.490 e. The molecule has 0 saturated carbocycles. The van der Waals surface area contributed by atoms with Crippen LogP contribution in [0.3, 0.4) is 0 Å². The monoisotopic (exact) mass is 498 g/mol. The zero-order chi connectivity index (χ0) is 25.6. The van der Waals surface area contributed by atoms with Crippen LogP contribution in [0.25, 0.3) is 21.5 Å². The Morgan fingerprint density at radius 1 is 0.444 bits per heavy atom. The summed E-state index contributed by atoms with van der Waals surface area (Å²) in [5.41, 5.74) is 0. The van der Waals surface area contributed by atoms with Gasteiger partial charge in [0, 0.05) is 10.8 Å². The Morgan fingerprint density at radius 2 is 0.778 bits per heavy atom. The van der Waals surface area contributed by atoms with Gasteiger partial charge < -0.3 is 9.47 Å². The maximum absolute atomic E-state index is 15.2. The highest BCUT2D eigenvalue weighted by Gasteiger charge is 2.15. The third kappa shape index (κ3) is 8.08. The van der Waals surface area contributed by atoms with Crippen molar-refractivity contribution in [2.24, 2.45) is 0 Å². The molecular weight excluding hydrogens is 454 g/mol. The molecule has 0 atom stereocenters. The smallest absolute Gasteiger partial charge is 0.172 e. The Morgan fingerprint density at radius 3 is 1.17 bits per heavy atom. The summed E-state index contributed by atoms with van der Waals surface area (Å²) in [4.78, 5) is 0. The highest BCUT2D eigenvalue weighted by Crippen LogP contribution is 2.35. The lowest BCUT2D eigenvalue weighted by atomic mass is 10.0. The van der Waals surface area contributed by atoms with E-state index in [2.05, 4.69) is 13.8 Å². The van der Waals surface area contributed by atoms with Gasteiger partial charge in [-0.3, -0.25) is 0 Å². The fourth-order valence-electron chi connectivity index (χ4n) is 4.81. The van der Waals surface area contributed by atoms with Gasteiger partial charge in [-0.2, -0.15) is 0 Å². The predicted molar refractivity (Wildman–Crippen MR) is 148 cm³/mol. The van der Waals surface area contributed by atoms with Gasteiger partial charge in [0.25, 0.3) is 0 Å². The molecule has 0 heterocycles. The second kappa shape index (κ2) is 15.7. The Bertz CT molecular complexity index is 1060. The van der Waals surface area contributed by atoms with E-state index in [-0.39, 0.29) is 23.1 Å². The molecule has 0 aliphatic heterocycles. The average Bonchev–Trinajstić information content (AvgIpc) is 2.89. The highest BCUT2D eigenvalue weighted by molar-refractivity contribution is 6.08. The molecule has 4 heteroatoms. The molecule has 0 fully saturated rings. The Kier molecular flexibility index (Phi) is 12.3. The molecule has 0 spiro atoms. The molecule has 36 heavy (non-hydrogen) atoms. The predicted octanol–water partition coefficient (Wildman–Crippen LogP) is 10.5. The van der Waals surface area contributed by atoms with E-state index in [1.807, 2.05) is 12.1 Å². The van der Waals surface area contributed by atoms with Crippen LogP contribution < -0.4 is 9.47 Å². The summed E-state index contributed by atoms with van der Waals surface area (Å²) in [7, 11) is 0. The number of rotatable bonds is 18. The van der Waals surface area contributed by atoms with Crippen LogP contribution in [0.1, 0.15) is 104 Å². The molecule has 0 N–H and O–H groups in total. The van der Waals surface area contributed by atoms with Crippen molar-refractivity contribution in [1.82, 2.24) is 0 Å². The molecule has 0 unspecified atom stereocenters. The summed E-state index contributed by atoms with van der Waals surface area (Å²) in [6.07, 6.45) is 16.7. The quantitative estimate of drug-likeness (QED) is 0.128. The zero-order valence-corrected chi connectivity index (χ0v) is 22.4. The van der Waals surface area contributed by atoms with Crippen molar-refractivity contribution < 1.29 is 18.3 Å². The van der Waals surface area contributed by atoms with Crippen molar-refractivity contribution in [2.45, 2.75) is 104 Å². The summed E-state index contributed by atoms with van der Waals surface area (Å²) >= 11 is 0. The molecule has 3 aromatic rings. The molecule has 0 amide bonds. The third-order valence-corrected chi connectivity index (χ3v) is 7.01. The van der Waals surface area contributed by atoms with Crippen LogP contribution in [0.5, 0.6) is 11.5 Å². The van der Waals surface area contributed by atoms with Gasteiger partial charge in [0.2, 0.25) is 0 Å². The number of halogens is 2. The molecule has 0 saturated heterocycles. The number of fused-ring (bicyclic) bond motifs is 3. The molecule has 3 rings (SSSR count). The number of unbranched alkanes of at least 4 members (excludes halogenated alkanes) is 12. The van der Waals surface area contributed by atoms with Crippen molar-refractivity contribution in [2.75, 3.05) is 13.2 Å². The SMILES string of the molecule is CCCCCCCCCCOc1ccc2c(ccc3c(F)c(OCCCCCCCC)ccc32)c1F. The summed E-state index contributed by atoms with van der Waals surface area (Å²) in [5.74, 6) is -0.223. The second-order valence-electron chi connectivity index (χ2n) is 9.95. The normalized spacial score (nSPS) is 11.4. The fraction of sp³-hybridized carbons (Fsp3) is 0.562. The first kappa shape index (κ1) is 28.2. The topological polar surface area (TPSA) is 18.5 Å². The molecule has 2 nitrogen and oxygen atoms in total. The van der Waals surface area contributed by atoms with E-state index < -0.39 is 0 Å². The first-order valence-electron chi connectivity index (χ1n) is 14.3. The Hall–Kier alpha value is -2.36. The van der Waals surface area contributed by atoms with Crippen molar-refractivity contribution >= 4 is 21.5 Å². The zero-order valence-electron chi connectivity index (χ0n) is 22.4. The van der Waals surface area contributed by atoms with E-state index >= 15 is 8.78 Å². The van der Waals surface area contributed by atoms with Gasteiger partial charge >= 0.3 is 0 Å². The van der Waals surface area contributed by atoms with Crippen molar-refractivity contribution in [1.29, 1.82) is 0 Å². The Balaban J connectivity index is 1.56. The van der Waals surface area contributed by atoms with E-state index in [0.717, 1.165) is 25.7 Å². The first-order chi connectivity index (χ1) is 17.7. The largest absolute Gasteiger partial charge is 0.490 e. The van der Waals surface area contributed by atoms with E-state index in [4.69, 9.17) is 9.47 Å². The van der Waals surface area contributed by atoms with Gasteiger partial charge in [-0.05, 0) is 47.9 Å². The van der Waals surface area contributed by atoms with Crippen molar-refractivity contribution in [3.8, 4) is 11.5 Å². The van der Waals surface area contributed by atoms with Crippen LogP contribution >= 0.6 is 0 Å². The van der Waals surface area contributed by atoms with Crippen LogP contribution in [-0.4, -0.2) is 13.2 Å². The van der Waals surface area contributed by atoms with Crippen LogP contribution in [0, 0.1) is 11.6 Å². The summed E-state index contributed by atoms with van der Waals surface area (Å²) < 4.78 is 41.9. The second-order valence-corrected chi connectivity index (χ2v) is 9.95. The fourth-order valence-corrected chi connectivity index (χ4v) is 4.81. The maximum Gasteiger partial charge on any atom is 0.172 e. The van der Waals surface area contributed by atoms with Crippen LogP contribution in [0.15, 0.2) is 36.4 Å². The molecule has 0 bridgehead atoms. The van der Waals surface area contributed by atoms with Crippen LogP contribution in [0.2, 0.25) is 0 Å². The molecule has 0 aromatic heterocycles. The first-order valence-corrected chi connectivity index (χ1v) is 14.3. The minimum absolute atomic E-state index is 0.265. The standard InChI is InChI=1S/C32H44F2O2/c1-3-5-7-9-11-12-14-16-24-36-30-22-20-26-25-19-21-29(35-23-15-13-10-8-6-4-2)31(33)27(25)17-18-28(26)32(30)34/h17-22H,3-16,23-24H2,1-2H3. The lowest BCUT2D eigenvalue weighted by molar-refractivity contribution is 0.291. The Labute approximate surface area is 216 Å². The summed E-state index contributed by atoms with van der Waals surface area (Å²) in [6.45, 7) is 5.46.